The van der Waals surface area contributed by atoms with Crippen LogP contribution in [0.1, 0.15) is 54.1 Å². The summed E-state index contributed by atoms with van der Waals surface area (Å²) < 4.78 is 0. The maximum absolute atomic E-state index is 12.9. The highest BCUT2D eigenvalue weighted by atomic mass is 31.1. The predicted molar refractivity (Wildman–Crippen MR) is 118 cm³/mol. The van der Waals surface area contributed by atoms with Crippen LogP contribution in [0.25, 0.3) is 0 Å². The molecule has 1 N–H and O–H groups in total. The van der Waals surface area contributed by atoms with Crippen molar-refractivity contribution in [3.63, 3.8) is 0 Å². The van der Waals surface area contributed by atoms with E-state index in [2.05, 4.69) is 0 Å². The van der Waals surface area contributed by atoms with Crippen LogP contribution in [0.15, 0.2) is 24.3 Å². The molecule has 2 atom stereocenters. The Hall–Kier alpha value is -1.89. The van der Waals surface area contributed by atoms with Crippen molar-refractivity contribution in [1.29, 1.82) is 0 Å². The molecule has 2 aromatic carbocycles. The van der Waals surface area contributed by atoms with Crippen LogP contribution in [0.5, 0.6) is 0 Å². The second-order valence-electron chi connectivity index (χ2n) is 7.27. The Morgan fingerprint density at radius 1 is 0.679 bits per heavy atom. The van der Waals surface area contributed by atoms with Gasteiger partial charge in [-0.1, -0.05) is 35.4 Å². The summed E-state index contributed by atoms with van der Waals surface area (Å²) in [5.74, 6) is -1.09. The maximum atomic E-state index is 12.9. The fourth-order valence-corrected chi connectivity index (χ4v) is 6.57. The van der Waals surface area contributed by atoms with Gasteiger partial charge in [0.05, 0.1) is 0 Å². The molecular formula is C22H26O4P2. The number of aliphatic carboxylic acids is 1. The van der Waals surface area contributed by atoms with Crippen LogP contribution < -0.4 is 0 Å². The average Bonchev–Trinajstić information content (AvgIpc) is 2.51. The van der Waals surface area contributed by atoms with Gasteiger partial charge in [0, 0.05) is 11.1 Å². The van der Waals surface area contributed by atoms with Gasteiger partial charge in [0.1, 0.15) is 5.40 Å². The molecule has 0 aliphatic carbocycles. The summed E-state index contributed by atoms with van der Waals surface area (Å²) in [6, 6.07) is 7.69. The Morgan fingerprint density at radius 3 is 1.21 bits per heavy atom. The second-order valence-corrected chi connectivity index (χ2v) is 10.5. The average molecular weight is 416 g/mol. The van der Waals surface area contributed by atoms with Crippen molar-refractivity contribution >= 4 is 34.2 Å². The minimum Gasteiger partial charge on any atom is -0.480 e. The van der Waals surface area contributed by atoms with Crippen molar-refractivity contribution in [3.8, 4) is 0 Å². The third-order valence-corrected chi connectivity index (χ3v) is 7.57. The third kappa shape index (κ3) is 5.13. The monoisotopic (exact) mass is 416 g/mol. The number of carboxylic acids is 1. The van der Waals surface area contributed by atoms with Crippen LogP contribution in [0.3, 0.4) is 0 Å². The number of carbonyl (C=O) groups is 3. The van der Waals surface area contributed by atoms with Crippen molar-refractivity contribution in [3.05, 3.63) is 68.8 Å². The lowest BCUT2D eigenvalue weighted by atomic mass is 10.0. The standard InChI is InChI=1S/C22H26O4P2/c1-11-7-13(3)17(14(4)8-11)20(25)27-22(19(23)24)28-21(26)18-15(5)9-12(2)10-16(18)6/h7-10,22,27-28H,1-6H3,(H,23,24). The highest BCUT2D eigenvalue weighted by Gasteiger charge is 2.28. The molecule has 0 aliphatic heterocycles. The van der Waals surface area contributed by atoms with E-state index in [4.69, 9.17) is 0 Å². The first-order valence-electron chi connectivity index (χ1n) is 9.01. The van der Waals surface area contributed by atoms with Crippen LogP contribution in [-0.2, 0) is 4.79 Å². The summed E-state index contributed by atoms with van der Waals surface area (Å²) in [6.07, 6.45) is 0. The minimum absolute atomic E-state index is 0.194. The lowest BCUT2D eigenvalue weighted by Gasteiger charge is -2.16. The van der Waals surface area contributed by atoms with Gasteiger partial charge in [0.25, 0.3) is 0 Å². The first-order valence-corrected chi connectivity index (χ1v) is 11.2. The molecule has 0 radical (unpaired) electrons. The topological polar surface area (TPSA) is 71.4 Å². The SMILES string of the molecule is Cc1cc(C)c(C(=O)PC(PC(=O)c2c(C)cc(C)cc2C)C(=O)O)c(C)c1. The number of rotatable bonds is 7. The number of hydrogen-bond donors (Lipinski definition) is 1. The zero-order valence-electron chi connectivity index (χ0n) is 17.1. The van der Waals surface area contributed by atoms with E-state index in [9.17, 15) is 19.5 Å². The summed E-state index contributed by atoms with van der Waals surface area (Å²) in [5.41, 5.74) is 6.28. The van der Waals surface area contributed by atoms with E-state index in [0.29, 0.717) is 11.1 Å². The molecule has 0 saturated heterocycles. The van der Waals surface area contributed by atoms with Gasteiger partial charge in [-0.25, -0.2) is 0 Å². The van der Waals surface area contributed by atoms with Gasteiger partial charge in [0.15, 0.2) is 11.0 Å². The second kappa shape index (κ2) is 9.07. The van der Waals surface area contributed by atoms with Gasteiger partial charge in [-0.3, -0.25) is 14.4 Å². The Morgan fingerprint density at radius 2 is 0.964 bits per heavy atom. The van der Waals surface area contributed by atoms with E-state index < -0.39 is 28.5 Å². The van der Waals surface area contributed by atoms with Gasteiger partial charge in [-0.2, -0.15) is 0 Å². The summed E-state index contributed by atoms with van der Waals surface area (Å²) in [7, 11) is -0.947. The molecule has 6 heteroatoms. The van der Waals surface area contributed by atoms with E-state index >= 15 is 0 Å². The fourth-order valence-electron chi connectivity index (χ4n) is 3.64. The molecule has 0 aromatic heterocycles. The maximum Gasteiger partial charge on any atom is 0.315 e. The predicted octanol–water partition coefficient (Wildman–Crippen LogP) is 5.29. The highest BCUT2D eigenvalue weighted by Crippen LogP contribution is 2.41. The molecule has 2 aromatic rings. The van der Waals surface area contributed by atoms with E-state index in [1.54, 1.807) is 0 Å². The van der Waals surface area contributed by atoms with Crippen LogP contribution in [0, 0.1) is 41.5 Å². The largest absolute Gasteiger partial charge is 0.480 e. The number of carbonyl (C=O) groups excluding carboxylic acids is 2. The van der Waals surface area contributed by atoms with Crippen molar-refractivity contribution in [2.45, 2.75) is 46.9 Å². The fraction of sp³-hybridized carbons (Fsp3) is 0.318. The lowest BCUT2D eigenvalue weighted by Crippen LogP contribution is -2.15. The van der Waals surface area contributed by atoms with Crippen LogP contribution in [0.4, 0.5) is 0 Å². The molecule has 4 nitrogen and oxygen atoms in total. The molecule has 0 heterocycles. The zero-order chi connectivity index (χ0) is 21.2. The van der Waals surface area contributed by atoms with Crippen molar-refractivity contribution in [2.24, 2.45) is 0 Å². The van der Waals surface area contributed by atoms with Crippen LogP contribution >= 0.6 is 17.2 Å². The minimum atomic E-state index is -1.09. The molecule has 148 valence electrons. The summed E-state index contributed by atoms with van der Waals surface area (Å²) >= 11 is 0. The Bertz CT molecular complexity index is 845. The Labute approximate surface area is 169 Å². The molecule has 0 bridgehead atoms. The number of aryl methyl sites for hydroxylation is 6. The quantitative estimate of drug-likeness (QED) is 0.623. The highest BCUT2D eigenvalue weighted by molar-refractivity contribution is 7.77. The van der Waals surface area contributed by atoms with Gasteiger partial charge < -0.3 is 5.11 Å². The van der Waals surface area contributed by atoms with Crippen molar-refractivity contribution in [1.82, 2.24) is 0 Å². The molecule has 2 unspecified atom stereocenters. The summed E-state index contributed by atoms with van der Waals surface area (Å²) in [6.45, 7) is 11.4. The summed E-state index contributed by atoms with van der Waals surface area (Å²) in [4.78, 5) is 37.5. The third-order valence-electron chi connectivity index (χ3n) is 4.61. The van der Waals surface area contributed by atoms with Crippen molar-refractivity contribution < 1.29 is 19.5 Å². The van der Waals surface area contributed by atoms with Crippen LogP contribution in [-0.4, -0.2) is 27.5 Å². The van der Waals surface area contributed by atoms with Gasteiger partial charge in [-0.15, -0.1) is 0 Å². The van der Waals surface area contributed by atoms with Gasteiger partial charge in [-0.05, 0) is 81.0 Å². The molecule has 0 aliphatic rings. The van der Waals surface area contributed by atoms with Crippen molar-refractivity contribution in [2.75, 3.05) is 0 Å². The summed E-state index contributed by atoms with van der Waals surface area (Å²) in [5, 5.41) is 8.65. The van der Waals surface area contributed by atoms with E-state index in [1.165, 1.54) is 0 Å². The molecule has 28 heavy (non-hydrogen) atoms. The Kier molecular flexibility index (Phi) is 7.26. The molecular weight excluding hydrogens is 390 g/mol. The van der Waals surface area contributed by atoms with E-state index in [-0.39, 0.29) is 11.0 Å². The first-order chi connectivity index (χ1) is 13.0. The Balaban J connectivity index is 2.27. The first kappa shape index (κ1) is 22.4. The normalized spacial score (nSPS) is 12.8. The number of carboxylic acid groups (broad SMARTS) is 1. The number of benzene rings is 2. The smallest absolute Gasteiger partial charge is 0.315 e. The lowest BCUT2D eigenvalue weighted by molar-refractivity contribution is -0.134. The molecule has 0 saturated carbocycles. The van der Waals surface area contributed by atoms with Crippen LogP contribution in [0.2, 0.25) is 0 Å². The molecule has 0 amide bonds. The number of hydrogen-bond acceptors (Lipinski definition) is 3. The molecule has 2 rings (SSSR count). The molecule has 0 fully saturated rings. The van der Waals surface area contributed by atoms with E-state index in [1.807, 2.05) is 65.8 Å². The van der Waals surface area contributed by atoms with Gasteiger partial charge in [0.2, 0.25) is 0 Å². The molecule has 0 spiro atoms. The van der Waals surface area contributed by atoms with Gasteiger partial charge >= 0.3 is 5.97 Å². The zero-order valence-corrected chi connectivity index (χ0v) is 19.1. The van der Waals surface area contributed by atoms with E-state index in [0.717, 1.165) is 33.4 Å².